The van der Waals surface area contributed by atoms with E-state index < -0.39 is 0 Å². The first-order valence-corrected chi connectivity index (χ1v) is 6.27. The van der Waals surface area contributed by atoms with Gasteiger partial charge in [-0.3, -0.25) is 5.43 Å². The second-order valence-electron chi connectivity index (χ2n) is 4.53. The molecular formula is C10H16N10. The maximum absolute atomic E-state index is 5.42. The Bertz CT molecular complexity index is 559. The molecule has 0 amide bonds. The van der Waals surface area contributed by atoms with Crippen LogP contribution < -0.4 is 16.2 Å². The lowest BCUT2D eigenvalue weighted by molar-refractivity contribution is 0.311. The number of likely N-dealkylation sites (N-methyl/N-ethyl adjacent to an activating group) is 1. The van der Waals surface area contributed by atoms with Crippen LogP contribution in [0.15, 0.2) is 12.7 Å². The number of hydrazine groups is 1. The summed E-state index contributed by atoms with van der Waals surface area (Å²) in [5.41, 5.74) is 2.46. The average molecular weight is 276 g/mol. The highest BCUT2D eigenvalue weighted by Gasteiger charge is 2.18. The van der Waals surface area contributed by atoms with Gasteiger partial charge in [-0.05, 0) is 7.05 Å². The van der Waals surface area contributed by atoms with E-state index in [1.807, 2.05) is 0 Å². The van der Waals surface area contributed by atoms with Crippen LogP contribution in [0.25, 0.3) is 5.95 Å². The van der Waals surface area contributed by atoms with Crippen LogP contribution in [0.5, 0.6) is 0 Å². The molecule has 0 aliphatic carbocycles. The van der Waals surface area contributed by atoms with Gasteiger partial charge in [0.1, 0.15) is 12.7 Å². The summed E-state index contributed by atoms with van der Waals surface area (Å²) in [5.74, 6) is 6.70. The van der Waals surface area contributed by atoms with Gasteiger partial charge in [0.25, 0.3) is 5.95 Å². The molecular weight excluding hydrogens is 260 g/mol. The van der Waals surface area contributed by atoms with Crippen LogP contribution in [0, 0.1) is 0 Å². The largest absolute Gasteiger partial charge is 0.338 e. The normalized spacial score (nSPS) is 16.4. The fourth-order valence-corrected chi connectivity index (χ4v) is 1.98. The molecule has 3 N–H and O–H groups in total. The van der Waals surface area contributed by atoms with Crippen LogP contribution in [0.4, 0.5) is 11.9 Å². The van der Waals surface area contributed by atoms with Crippen molar-refractivity contribution in [2.45, 2.75) is 0 Å². The Hall–Kier alpha value is -2.33. The van der Waals surface area contributed by atoms with E-state index in [1.54, 1.807) is 0 Å². The molecule has 2 aromatic heterocycles. The van der Waals surface area contributed by atoms with Crippen LogP contribution in [0.3, 0.4) is 0 Å². The van der Waals surface area contributed by atoms with Gasteiger partial charge in [0.05, 0.1) is 0 Å². The SMILES string of the molecule is CN1CCN(c2nc(NN)nc(-n3cncn3)n2)CC1. The van der Waals surface area contributed by atoms with Crippen LogP contribution in [-0.4, -0.2) is 67.8 Å². The highest BCUT2D eigenvalue weighted by atomic mass is 15.4. The number of hydrogen-bond acceptors (Lipinski definition) is 9. The smallest absolute Gasteiger partial charge is 0.258 e. The third-order valence-corrected chi connectivity index (χ3v) is 3.15. The van der Waals surface area contributed by atoms with Crippen molar-refractivity contribution in [2.24, 2.45) is 5.84 Å². The summed E-state index contributed by atoms with van der Waals surface area (Å²) in [6.45, 7) is 3.66. The highest BCUT2D eigenvalue weighted by Crippen LogP contribution is 2.14. The van der Waals surface area contributed by atoms with E-state index in [2.05, 4.69) is 47.3 Å². The summed E-state index contributed by atoms with van der Waals surface area (Å²) in [6.07, 6.45) is 2.96. The van der Waals surface area contributed by atoms with Crippen LogP contribution >= 0.6 is 0 Å². The zero-order valence-corrected chi connectivity index (χ0v) is 11.1. The Morgan fingerprint density at radius 3 is 2.50 bits per heavy atom. The third-order valence-electron chi connectivity index (χ3n) is 3.15. The summed E-state index contributed by atoms with van der Waals surface area (Å²) >= 11 is 0. The van der Waals surface area contributed by atoms with Crippen molar-refractivity contribution in [3.05, 3.63) is 12.7 Å². The summed E-state index contributed by atoms with van der Waals surface area (Å²) in [4.78, 5) is 21.1. The molecule has 2 aromatic rings. The average Bonchev–Trinajstić information content (AvgIpc) is 3.02. The number of nitrogens with two attached hydrogens (primary N) is 1. The molecule has 0 saturated carbocycles. The number of rotatable bonds is 3. The van der Waals surface area contributed by atoms with Crippen molar-refractivity contribution >= 4 is 11.9 Å². The molecule has 3 heterocycles. The molecule has 1 aliphatic heterocycles. The first kappa shape index (κ1) is 12.7. The molecule has 106 valence electrons. The van der Waals surface area contributed by atoms with Crippen molar-refractivity contribution in [2.75, 3.05) is 43.6 Å². The van der Waals surface area contributed by atoms with Gasteiger partial charge in [0.2, 0.25) is 11.9 Å². The highest BCUT2D eigenvalue weighted by molar-refractivity contribution is 5.39. The first-order valence-electron chi connectivity index (χ1n) is 6.27. The molecule has 10 heteroatoms. The van der Waals surface area contributed by atoms with Crippen molar-refractivity contribution in [3.63, 3.8) is 0 Å². The van der Waals surface area contributed by atoms with Gasteiger partial charge in [0.15, 0.2) is 0 Å². The van der Waals surface area contributed by atoms with Gasteiger partial charge in [-0.1, -0.05) is 0 Å². The Morgan fingerprint density at radius 1 is 1.10 bits per heavy atom. The summed E-state index contributed by atoms with van der Waals surface area (Å²) in [6, 6.07) is 0. The standard InChI is InChI=1S/C10H16N10/c1-18-2-4-19(5-3-18)9-14-8(17-11)15-10(16-9)20-7-12-6-13-20/h6-7H,2-5,11H2,1H3,(H,14,15,16,17). The van der Waals surface area contributed by atoms with Crippen LogP contribution in [-0.2, 0) is 0 Å². The molecule has 0 spiro atoms. The predicted octanol–water partition coefficient (Wildman–Crippen LogP) is -1.51. The number of nitrogens with one attached hydrogen (secondary N) is 1. The van der Waals surface area contributed by atoms with Crippen LogP contribution in [0.1, 0.15) is 0 Å². The summed E-state index contributed by atoms with van der Waals surface area (Å²) < 4.78 is 1.47. The number of anilines is 2. The zero-order valence-electron chi connectivity index (χ0n) is 11.1. The lowest BCUT2D eigenvalue weighted by Gasteiger charge is -2.32. The minimum absolute atomic E-state index is 0.305. The molecule has 1 aliphatic rings. The second kappa shape index (κ2) is 5.35. The van der Waals surface area contributed by atoms with E-state index in [0.29, 0.717) is 17.8 Å². The van der Waals surface area contributed by atoms with Gasteiger partial charge in [-0.2, -0.15) is 24.7 Å². The lowest BCUT2D eigenvalue weighted by atomic mass is 10.3. The monoisotopic (exact) mass is 276 g/mol. The maximum atomic E-state index is 5.42. The molecule has 3 rings (SSSR count). The fraction of sp³-hybridized carbons (Fsp3) is 0.500. The molecule has 1 fully saturated rings. The van der Waals surface area contributed by atoms with Gasteiger partial charge >= 0.3 is 0 Å². The number of aromatic nitrogens is 6. The van der Waals surface area contributed by atoms with E-state index in [1.165, 1.54) is 17.3 Å². The predicted molar refractivity (Wildman–Crippen MR) is 72.3 cm³/mol. The van der Waals surface area contributed by atoms with Crippen molar-refractivity contribution in [1.82, 2.24) is 34.6 Å². The van der Waals surface area contributed by atoms with Gasteiger partial charge < -0.3 is 9.80 Å². The number of hydrogen-bond donors (Lipinski definition) is 2. The Labute approximate surface area is 115 Å². The van der Waals surface area contributed by atoms with Crippen LogP contribution in [0.2, 0.25) is 0 Å². The van der Waals surface area contributed by atoms with Gasteiger partial charge in [-0.25, -0.2) is 10.8 Å². The Morgan fingerprint density at radius 2 is 1.85 bits per heavy atom. The summed E-state index contributed by atoms with van der Waals surface area (Å²) in [5, 5.41) is 4.02. The molecule has 0 unspecified atom stereocenters. The minimum Gasteiger partial charge on any atom is -0.338 e. The lowest BCUT2D eigenvalue weighted by Crippen LogP contribution is -2.45. The van der Waals surface area contributed by atoms with Crippen molar-refractivity contribution in [3.8, 4) is 5.95 Å². The second-order valence-corrected chi connectivity index (χ2v) is 4.53. The maximum Gasteiger partial charge on any atom is 0.258 e. The van der Waals surface area contributed by atoms with E-state index in [9.17, 15) is 0 Å². The van der Waals surface area contributed by atoms with E-state index in [-0.39, 0.29) is 0 Å². The third kappa shape index (κ3) is 2.51. The Kier molecular flexibility index (Phi) is 3.39. The first-order chi connectivity index (χ1) is 9.76. The van der Waals surface area contributed by atoms with Crippen molar-refractivity contribution < 1.29 is 0 Å². The number of nitrogen functional groups attached to an aromatic ring is 1. The Balaban J connectivity index is 1.92. The molecule has 1 saturated heterocycles. The number of piperazine rings is 1. The molecule has 0 aromatic carbocycles. The van der Waals surface area contributed by atoms with Gasteiger partial charge in [0, 0.05) is 26.2 Å². The zero-order chi connectivity index (χ0) is 13.9. The molecule has 0 radical (unpaired) electrons. The van der Waals surface area contributed by atoms with E-state index >= 15 is 0 Å². The summed E-state index contributed by atoms with van der Waals surface area (Å²) in [7, 11) is 2.10. The molecule has 20 heavy (non-hydrogen) atoms. The number of nitrogens with zero attached hydrogens (tertiary/aromatic N) is 8. The molecule has 10 nitrogen and oxygen atoms in total. The quantitative estimate of drug-likeness (QED) is 0.510. The minimum atomic E-state index is 0.305. The van der Waals surface area contributed by atoms with Crippen molar-refractivity contribution in [1.29, 1.82) is 0 Å². The molecule has 0 atom stereocenters. The topological polar surface area (TPSA) is 114 Å². The molecule has 0 bridgehead atoms. The fourth-order valence-electron chi connectivity index (χ4n) is 1.98. The van der Waals surface area contributed by atoms with E-state index in [4.69, 9.17) is 5.84 Å². The van der Waals surface area contributed by atoms with E-state index in [0.717, 1.165) is 26.2 Å². The van der Waals surface area contributed by atoms with Gasteiger partial charge in [-0.15, -0.1) is 0 Å².